The highest BCUT2D eigenvalue weighted by Gasteiger charge is 2.18. The Balaban J connectivity index is 1.63. The smallest absolute Gasteiger partial charge is 0.254 e. The summed E-state index contributed by atoms with van der Waals surface area (Å²) in [5.41, 5.74) is 2.73. The van der Waals surface area contributed by atoms with E-state index < -0.39 is 11.6 Å². The van der Waals surface area contributed by atoms with Gasteiger partial charge in [0.15, 0.2) is 5.69 Å². The minimum atomic E-state index is -0.700. The third-order valence-electron chi connectivity index (χ3n) is 5.13. The van der Waals surface area contributed by atoms with E-state index in [4.69, 9.17) is 4.74 Å². The van der Waals surface area contributed by atoms with Crippen LogP contribution >= 0.6 is 0 Å². The lowest BCUT2D eigenvalue weighted by atomic mass is 10.0. The average Bonchev–Trinajstić information content (AvgIpc) is 3.29. The molecule has 166 valence electrons. The van der Waals surface area contributed by atoms with Gasteiger partial charge in [0.25, 0.3) is 5.91 Å². The predicted molar refractivity (Wildman–Crippen MR) is 117 cm³/mol. The first-order valence-electron chi connectivity index (χ1n) is 10.1. The van der Waals surface area contributed by atoms with Crippen molar-refractivity contribution >= 4 is 16.8 Å². The fourth-order valence-electron chi connectivity index (χ4n) is 3.62. The molecule has 1 N–H and O–H groups in total. The van der Waals surface area contributed by atoms with Crippen LogP contribution in [0.25, 0.3) is 22.0 Å². The molecule has 4 rings (SSSR count). The summed E-state index contributed by atoms with van der Waals surface area (Å²) in [4.78, 5) is 18.7. The first-order valence-corrected chi connectivity index (χ1v) is 10.1. The number of benzene rings is 2. The van der Waals surface area contributed by atoms with Gasteiger partial charge < -0.3 is 9.64 Å². The lowest BCUT2D eigenvalue weighted by Crippen LogP contribution is -2.26. The number of nitrogens with zero attached hydrogens (tertiary/aromatic N) is 4. The number of ether oxygens (including phenoxy) is 1. The molecule has 7 nitrogen and oxygen atoms in total. The SMILES string of the molecule is CCOc1cc(C(=O)N(C)Cc2cnc(C#N)c3cn[nH]c23)ccc1-c1cc(F)cc(F)c1. The zero-order chi connectivity index (χ0) is 23.5. The van der Waals surface area contributed by atoms with Crippen molar-refractivity contribution in [3.8, 4) is 22.9 Å². The molecule has 2 heterocycles. The molecule has 4 aromatic rings. The number of carbonyl (C=O) groups is 1. The number of aromatic nitrogens is 3. The van der Waals surface area contributed by atoms with E-state index in [9.17, 15) is 18.8 Å². The van der Waals surface area contributed by atoms with Gasteiger partial charge in [0.1, 0.15) is 23.5 Å². The molecule has 0 spiro atoms. The van der Waals surface area contributed by atoms with Crippen LogP contribution in [0.4, 0.5) is 8.78 Å². The molecule has 0 aliphatic carbocycles. The molecule has 0 aliphatic rings. The quantitative estimate of drug-likeness (QED) is 0.471. The highest BCUT2D eigenvalue weighted by molar-refractivity contribution is 5.96. The fourth-order valence-corrected chi connectivity index (χ4v) is 3.62. The molecule has 0 bridgehead atoms. The van der Waals surface area contributed by atoms with Crippen molar-refractivity contribution in [1.82, 2.24) is 20.1 Å². The summed E-state index contributed by atoms with van der Waals surface area (Å²) in [6.07, 6.45) is 3.06. The van der Waals surface area contributed by atoms with Gasteiger partial charge in [0.05, 0.1) is 23.7 Å². The molecule has 9 heteroatoms. The van der Waals surface area contributed by atoms with E-state index in [0.29, 0.717) is 45.5 Å². The second-order valence-electron chi connectivity index (χ2n) is 7.37. The van der Waals surface area contributed by atoms with E-state index in [1.807, 2.05) is 6.07 Å². The minimum Gasteiger partial charge on any atom is -0.493 e. The summed E-state index contributed by atoms with van der Waals surface area (Å²) in [6.45, 7) is 2.31. The highest BCUT2D eigenvalue weighted by Crippen LogP contribution is 2.32. The fraction of sp³-hybridized carbons (Fsp3) is 0.167. The Hall–Kier alpha value is -4.32. The van der Waals surface area contributed by atoms with E-state index in [-0.39, 0.29) is 18.1 Å². The van der Waals surface area contributed by atoms with Crippen LogP contribution in [0.1, 0.15) is 28.5 Å². The van der Waals surface area contributed by atoms with E-state index in [1.54, 1.807) is 32.2 Å². The van der Waals surface area contributed by atoms with Gasteiger partial charge in [0, 0.05) is 42.5 Å². The molecule has 0 radical (unpaired) electrons. The van der Waals surface area contributed by atoms with Crippen LogP contribution in [-0.4, -0.2) is 39.6 Å². The lowest BCUT2D eigenvalue weighted by Gasteiger charge is -2.19. The van der Waals surface area contributed by atoms with E-state index in [2.05, 4.69) is 15.2 Å². The van der Waals surface area contributed by atoms with Crippen LogP contribution in [0.2, 0.25) is 0 Å². The Morgan fingerprint density at radius 3 is 2.64 bits per heavy atom. The summed E-state index contributed by atoms with van der Waals surface area (Å²) in [7, 11) is 1.64. The number of amides is 1. The van der Waals surface area contributed by atoms with Crippen molar-refractivity contribution in [1.29, 1.82) is 5.26 Å². The van der Waals surface area contributed by atoms with Crippen molar-refractivity contribution in [2.75, 3.05) is 13.7 Å². The van der Waals surface area contributed by atoms with E-state index in [0.717, 1.165) is 6.07 Å². The second kappa shape index (κ2) is 9.04. The molecule has 1 amide bonds. The van der Waals surface area contributed by atoms with Crippen molar-refractivity contribution < 1.29 is 18.3 Å². The Labute approximate surface area is 188 Å². The number of nitriles is 1. The summed E-state index contributed by atoms with van der Waals surface area (Å²) in [5, 5.41) is 16.6. The summed E-state index contributed by atoms with van der Waals surface area (Å²) in [6, 6.07) is 9.99. The monoisotopic (exact) mass is 447 g/mol. The number of hydrogen-bond donors (Lipinski definition) is 1. The molecule has 2 aromatic carbocycles. The van der Waals surface area contributed by atoms with Crippen LogP contribution in [0.5, 0.6) is 5.75 Å². The Morgan fingerprint density at radius 2 is 1.94 bits per heavy atom. The van der Waals surface area contributed by atoms with Gasteiger partial charge in [-0.2, -0.15) is 10.4 Å². The van der Waals surface area contributed by atoms with Gasteiger partial charge in [-0.25, -0.2) is 13.8 Å². The maximum atomic E-state index is 13.7. The average molecular weight is 447 g/mol. The number of carbonyl (C=O) groups excluding carboxylic acids is 1. The van der Waals surface area contributed by atoms with E-state index in [1.165, 1.54) is 29.4 Å². The number of pyridine rings is 1. The third kappa shape index (κ3) is 4.36. The number of H-pyrrole nitrogens is 1. The Bertz CT molecular complexity index is 1370. The van der Waals surface area contributed by atoms with Crippen LogP contribution < -0.4 is 4.74 Å². The molecule has 0 saturated carbocycles. The van der Waals surface area contributed by atoms with Crippen LogP contribution in [0, 0.1) is 23.0 Å². The van der Waals surface area contributed by atoms with Crippen molar-refractivity contribution in [2.45, 2.75) is 13.5 Å². The second-order valence-corrected chi connectivity index (χ2v) is 7.37. The van der Waals surface area contributed by atoms with Gasteiger partial charge in [-0.05, 0) is 42.8 Å². The summed E-state index contributed by atoms with van der Waals surface area (Å²) in [5.74, 6) is -1.34. The maximum absolute atomic E-state index is 13.7. The van der Waals surface area contributed by atoms with Crippen molar-refractivity contribution in [2.24, 2.45) is 0 Å². The number of nitrogens with one attached hydrogen (secondary N) is 1. The summed E-state index contributed by atoms with van der Waals surface area (Å²) >= 11 is 0. The number of fused-ring (bicyclic) bond motifs is 1. The molecule has 0 aliphatic heterocycles. The lowest BCUT2D eigenvalue weighted by molar-refractivity contribution is 0.0785. The molecule has 33 heavy (non-hydrogen) atoms. The molecule has 0 unspecified atom stereocenters. The van der Waals surface area contributed by atoms with Gasteiger partial charge in [-0.15, -0.1) is 0 Å². The van der Waals surface area contributed by atoms with Gasteiger partial charge in [0.2, 0.25) is 0 Å². The predicted octanol–water partition coefficient (Wildman–Crippen LogP) is 4.45. The normalized spacial score (nSPS) is 10.8. The number of hydrogen-bond acceptors (Lipinski definition) is 5. The van der Waals surface area contributed by atoms with Crippen LogP contribution in [-0.2, 0) is 6.54 Å². The van der Waals surface area contributed by atoms with Crippen LogP contribution in [0.15, 0.2) is 48.8 Å². The zero-order valence-corrected chi connectivity index (χ0v) is 17.9. The number of halogens is 2. The molecule has 2 aromatic heterocycles. The topological polar surface area (TPSA) is 94.9 Å². The highest BCUT2D eigenvalue weighted by atomic mass is 19.1. The largest absolute Gasteiger partial charge is 0.493 e. The molecule has 0 fully saturated rings. The van der Waals surface area contributed by atoms with Gasteiger partial charge >= 0.3 is 0 Å². The zero-order valence-electron chi connectivity index (χ0n) is 17.9. The first-order chi connectivity index (χ1) is 15.9. The Morgan fingerprint density at radius 1 is 1.18 bits per heavy atom. The minimum absolute atomic E-state index is 0.219. The van der Waals surface area contributed by atoms with Crippen molar-refractivity contribution in [3.05, 3.63) is 77.2 Å². The number of aromatic amines is 1. The summed E-state index contributed by atoms with van der Waals surface area (Å²) < 4.78 is 33.1. The maximum Gasteiger partial charge on any atom is 0.254 e. The van der Waals surface area contributed by atoms with Gasteiger partial charge in [-0.3, -0.25) is 9.89 Å². The van der Waals surface area contributed by atoms with E-state index >= 15 is 0 Å². The standard InChI is InChI=1S/C24H19F2N5O2/c1-3-33-22-8-14(4-5-19(22)15-6-17(25)9-18(26)7-15)24(32)31(2)13-16-11-28-21(10-27)20-12-29-30-23(16)20/h4-9,11-12H,3,13H2,1-2H3,(H,29,30). The van der Waals surface area contributed by atoms with Gasteiger partial charge in [-0.1, -0.05) is 0 Å². The third-order valence-corrected chi connectivity index (χ3v) is 5.13. The molecular formula is C24H19F2N5O2. The van der Waals surface area contributed by atoms with Crippen molar-refractivity contribution in [3.63, 3.8) is 0 Å². The molecular weight excluding hydrogens is 428 g/mol. The van der Waals surface area contributed by atoms with Crippen LogP contribution in [0.3, 0.4) is 0 Å². The molecule has 0 atom stereocenters. The number of rotatable bonds is 6. The Kier molecular flexibility index (Phi) is 6.00. The molecule has 0 saturated heterocycles. The first kappa shape index (κ1) is 21.9.